The number of methoxy groups -OCH3 is 2. The molecule has 0 heterocycles. The van der Waals surface area contributed by atoms with E-state index in [0.29, 0.717) is 15.2 Å². The van der Waals surface area contributed by atoms with Gasteiger partial charge < -0.3 is 9.47 Å². The van der Waals surface area contributed by atoms with Gasteiger partial charge in [-0.1, -0.05) is 11.6 Å². The normalized spacial score (nSPS) is 11.0. The molecule has 0 amide bonds. The summed E-state index contributed by atoms with van der Waals surface area (Å²) in [4.78, 5) is 11.7. The van der Waals surface area contributed by atoms with E-state index in [1.54, 1.807) is 12.1 Å². The minimum absolute atomic E-state index is 0.0104. The fourth-order valence-electron chi connectivity index (χ4n) is 2.01. The van der Waals surface area contributed by atoms with Gasteiger partial charge in [-0.25, -0.2) is 8.42 Å². The van der Waals surface area contributed by atoms with Crippen molar-refractivity contribution in [3.05, 3.63) is 52.0 Å². The zero-order valence-corrected chi connectivity index (χ0v) is 16.6. The van der Waals surface area contributed by atoms with Crippen molar-refractivity contribution in [1.29, 1.82) is 0 Å². The van der Waals surface area contributed by atoms with Gasteiger partial charge in [0, 0.05) is 4.47 Å². The summed E-state index contributed by atoms with van der Waals surface area (Å²) in [6, 6.07) is 10.5. The van der Waals surface area contributed by atoms with Gasteiger partial charge in [-0.2, -0.15) is 0 Å². The van der Waals surface area contributed by atoms with Gasteiger partial charge in [0.25, 0.3) is 10.0 Å². The van der Waals surface area contributed by atoms with E-state index in [-0.39, 0.29) is 10.6 Å². The van der Waals surface area contributed by atoms with E-state index in [0.717, 1.165) is 4.31 Å². The molecule has 2 aromatic carbocycles. The highest BCUT2D eigenvalue weighted by atomic mass is 79.9. The Morgan fingerprint density at radius 1 is 1.16 bits per heavy atom. The molecule has 0 aliphatic heterocycles. The average Bonchev–Trinajstić information content (AvgIpc) is 2.61. The molecule has 6 nitrogen and oxygen atoms in total. The lowest BCUT2D eigenvalue weighted by molar-refractivity contribution is -0.138. The van der Waals surface area contributed by atoms with Crippen molar-refractivity contribution in [2.24, 2.45) is 0 Å². The smallest absolute Gasteiger partial charge is 0.326 e. The van der Waals surface area contributed by atoms with Crippen LogP contribution in [0.2, 0.25) is 5.02 Å². The lowest BCUT2D eigenvalue weighted by Gasteiger charge is -2.23. The Kier molecular flexibility index (Phi) is 6.31. The molecule has 0 saturated carbocycles. The number of halogens is 2. The summed E-state index contributed by atoms with van der Waals surface area (Å²) in [5.74, 6) is -0.179. The van der Waals surface area contributed by atoms with Crippen LogP contribution < -0.4 is 9.04 Å². The number of hydrogen-bond acceptors (Lipinski definition) is 5. The summed E-state index contributed by atoms with van der Waals surface area (Å²) < 4.78 is 37.2. The first-order valence-corrected chi connectivity index (χ1v) is 9.59. The number of ether oxygens (including phenoxy) is 2. The van der Waals surface area contributed by atoms with E-state index in [2.05, 4.69) is 20.7 Å². The Balaban J connectivity index is 2.52. The predicted octanol–water partition coefficient (Wildman–Crippen LogP) is 3.48. The van der Waals surface area contributed by atoms with Crippen LogP contribution in [0.1, 0.15) is 0 Å². The molecule has 0 atom stereocenters. The van der Waals surface area contributed by atoms with E-state index < -0.39 is 22.5 Å². The highest BCUT2D eigenvalue weighted by molar-refractivity contribution is 9.10. The van der Waals surface area contributed by atoms with Crippen molar-refractivity contribution < 1.29 is 22.7 Å². The third-order valence-electron chi connectivity index (χ3n) is 3.34. The Labute approximate surface area is 159 Å². The van der Waals surface area contributed by atoms with E-state index in [1.807, 2.05) is 0 Å². The number of carbonyl (C=O) groups is 1. The molecule has 134 valence electrons. The van der Waals surface area contributed by atoms with Crippen molar-refractivity contribution >= 4 is 49.2 Å². The summed E-state index contributed by atoms with van der Waals surface area (Å²) in [7, 11) is -1.34. The second-order valence-electron chi connectivity index (χ2n) is 4.86. The molecular weight excluding hydrogens is 434 g/mol. The topological polar surface area (TPSA) is 72.9 Å². The lowest BCUT2D eigenvalue weighted by atomic mass is 10.3. The standard InChI is InChI=1S/C16H15BrClNO5S/c1-23-12-4-6-13(7-5-12)25(21,22)19(10-16(20)24-2)11-3-8-14(17)15(18)9-11/h3-9H,10H2,1-2H3. The first-order chi connectivity index (χ1) is 11.8. The molecule has 0 unspecified atom stereocenters. The maximum Gasteiger partial charge on any atom is 0.326 e. The fourth-order valence-corrected chi connectivity index (χ4v) is 3.83. The number of benzene rings is 2. The molecule has 0 spiro atoms. The molecule has 0 fully saturated rings. The minimum Gasteiger partial charge on any atom is -0.497 e. The third-order valence-corrected chi connectivity index (χ3v) is 6.36. The zero-order valence-electron chi connectivity index (χ0n) is 13.4. The van der Waals surface area contributed by atoms with Gasteiger partial charge in [0.1, 0.15) is 12.3 Å². The first kappa shape index (κ1) is 19.6. The van der Waals surface area contributed by atoms with Crippen molar-refractivity contribution in [3.63, 3.8) is 0 Å². The molecule has 2 rings (SSSR count). The summed E-state index contributed by atoms with van der Waals surface area (Å²) in [5.41, 5.74) is 0.245. The van der Waals surface area contributed by atoms with Crippen LogP contribution in [0.25, 0.3) is 0 Å². The predicted molar refractivity (Wildman–Crippen MR) is 98.7 cm³/mol. The Morgan fingerprint density at radius 2 is 1.80 bits per heavy atom. The minimum atomic E-state index is -4.01. The molecule has 0 aromatic heterocycles. The Morgan fingerprint density at radius 3 is 2.32 bits per heavy atom. The maximum absolute atomic E-state index is 13.0. The summed E-state index contributed by atoms with van der Waals surface area (Å²) in [6.45, 7) is -0.483. The zero-order chi connectivity index (χ0) is 18.6. The van der Waals surface area contributed by atoms with Gasteiger partial charge in [0.15, 0.2) is 0 Å². The molecule has 0 saturated heterocycles. The van der Waals surface area contributed by atoms with E-state index >= 15 is 0 Å². The van der Waals surface area contributed by atoms with Crippen molar-refractivity contribution in [3.8, 4) is 5.75 Å². The molecule has 2 aromatic rings. The lowest BCUT2D eigenvalue weighted by Crippen LogP contribution is -2.36. The number of nitrogens with zero attached hydrogens (tertiary/aromatic N) is 1. The van der Waals surface area contributed by atoms with Gasteiger partial charge in [0.2, 0.25) is 0 Å². The molecular formula is C16H15BrClNO5S. The van der Waals surface area contributed by atoms with Gasteiger partial charge in [-0.15, -0.1) is 0 Å². The van der Waals surface area contributed by atoms with Crippen LogP contribution in [0.3, 0.4) is 0 Å². The number of sulfonamides is 1. The van der Waals surface area contributed by atoms with Gasteiger partial charge >= 0.3 is 5.97 Å². The molecule has 0 bridgehead atoms. The van der Waals surface area contributed by atoms with Crippen molar-refractivity contribution in [2.45, 2.75) is 4.90 Å². The van der Waals surface area contributed by atoms with Crippen LogP contribution in [0.4, 0.5) is 5.69 Å². The second kappa shape index (κ2) is 8.07. The molecule has 0 aliphatic rings. The molecule has 9 heteroatoms. The van der Waals surface area contributed by atoms with E-state index in [1.165, 1.54) is 44.6 Å². The number of anilines is 1. The van der Waals surface area contributed by atoms with Crippen LogP contribution in [0, 0.1) is 0 Å². The molecule has 25 heavy (non-hydrogen) atoms. The summed E-state index contributed by atoms with van der Waals surface area (Å²) in [5, 5.41) is 0.317. The number of hydrogen-bond donors (Lipinski definition) is 0. The van der Waals surface area contributed by atoms with Gasteiger partial charge in [-0.05, 0) is 58.4 Å². The molecule has 0 radical (unpaired) electrons. The fraction of sp³-hybridized carbons (Fsp3) is 0.188. The molecule has 0 aliphatic carbocycles. The number of rotatable bonds is 6. The quantitative estimate of drug-likeness (QED) is 0.633. The van der Waals surface area contributed by atoms with E-state index in [9.17, 15) is 13.2 Å². The van der Waals surface area contributed by atoms with Crippen LogP contribution in [0.15, 0.2) is 51.8 Å². The Bertz CT molecular complexity index is 871. The Hall–Kier alpha value is -1.77. The second-order valence-corrected chi connectivity index (χ2v) is 7.99. The van der Waals surface area contributed by atoms with Crippen LogP contribution in [-0.4, -0.2) is 35.2 Å². The SMILES string of the molecule is COC(=O)CN(c1ccc(Br)c(Cl)c1)S(=O)(=O)c1ccc(OC)cc1. The summed E-state index contributed by atoms with van der Waals surface area (Å²) >= 11 is 9.31. The van der Waals surface area contributed by atoms with Crippen molar-refractivity contribution in [1.82, 2.24) is 0 Å². The maximum atomic E-state index is 13.0. The van der Waals surface area contributed by atoms with Gasteiger partial charge in [-0.3, -0.25) is 9.10 Å². The highest BCUT2D eigenvalue weighted by Gasteiger charge is 2.28. The van der Waals surface area contributed by atoms with Crippen LogP contribution in [0.5, 0.6) is 5.75 Å². The van der Waals surface area contributed by atoms with Crippen LogP contribution in [-0.2, 0) is 19.6 Å². The largest absolute Gasteiger partial charge is 0.497 e. The monoisotopic (exact) mass is 447 g/mol. The highest BCUT2D eigenvalue weighted by Crippen LogP contribution is 2.31. The number of carbonyl (C=O) groups excluding carboxylic acids is 1. The van der Waals surface area contributed by atoms with Gasteiger partial charge in [0.05, 0.1) is 29.8 Å². The van der Waals surface area contributed by atoms with Crippen LogP contribution >= 0.6 is 27.5 Å². The van der Waals surface area contributed by atoms with Crippen molar-refractivity contribution in [2.75, 3.05) is 25.1 Å². The number of esters is 1. The summed E-state index contributed by atoms with van der Waals surface area (Å²) in [6.07, 6.45) is 0. The van der Waals surface area contributed by atoms with E-state index in [4.69, 9.17) is 16.3 Å². The third kappa shape index (κ3) is 4.45. The molecule has 0 N–H and O–H groups in total. The first-order valence-electron chi connectivity index (χ1n) is 6.98. The average molecular weight is 449 g/mol.